The van der Waals surface area contributed by atoms with E-state index in [0.29, 0.717) is 0 Å². The van der Waals surface area contributed by atoms with Gasteiger partial charge in [0.1, 0.15) is 11.2 Å². The molecule has 4 heteroatoms. The van der Waals surface area contributed by atoms with Gasteiger partial charge >= 0.3 is 0 Å². The van der Waals surface area contributed by atoms with Crippen LogP contribution in [0.1, 0.15) is 13.8 Å². The van der Waals surface area contributed by atoms with E-state index in [1.165, 1.54) is 0 Å². The van der Waals surface area contributed by atoms with Gasteiger partial charge in [-0.15, -0.1) is 0 Å². The molecule has 0 radical (unpaired) electrons. The average molecular weight is 162 g/mol. The SMILES string of the molecule is C[C@@]12CS(=O)(=O)C[C@@]1(C)O2. The van der Waals surface area contributed by atoms with E-state index in [1.54, 1.807) is 0 Å². The van der Waals surface area contributed by atoms with Crippen LogP contribution in [-0.2, 0) is 14.6 Å². The van der Waals surface area contributed by atoms with Crippen LogP contribution < -0.4 is 0 Å². The Labute approximate surface area is 60.3 Å². The molecule has 0 aromatic heterocycles. The first kappa shape index (κ1) is 6.61. The van der Waals surface area contributed by atoms with Crippen LogP contribution in [-0.4, -0.2) is 31.1 Å². The molecule has 2 rings (SSSR count). The molecule has 2 heterocycles. The molecule has 0 N–H and O–H groups in total. The van der Waals surface area contributed by atoms with Crippen LogP contribution in [0.2, 0.25) is 0 Å². The van der Waals surface area contributed by atoms with Crippen LogP contribution in [0.15, 0.2) is 0 Å². The van der Waals surface area contributed by atoms with E-state index in [9.17, 15) is 8.42 Å². The Balaban J connectivity index is 2.40. The van der Waals surface area contributed by atoms with Crippen molar-refractivity contribution in [3.05, 3.63) is 0 Å². The summed E-state index contributed by atoms with van der Waals surface area (Å²) in [6, 6.07) is 0. The molecule has 2 aliphatic heterocycles. The molecule has 2 atom stereocenters. The first-order valence-corrected chi connectivity index (χ1v) is 5.10. The smallest absolute Gasteiger partial charge is 0.156 e. The Bertz CT molecular complexity index is 259. The molecule has 0 unspecified atom stereocenters. The molecule has 58 valence electrons. The lowest BCUT2D eigenvalue weighted by Crippen LogP contribution is -2.15. The molecule has 2 fully saturated rings. The zero-order chi connectivity index (χ0) is 7.62. The van der Waals surface area contributed by atoms with Crippen molar-refractivity contribution in [2.24, 2.45) is 0 Å². The summed E-state index contributed by atoms with van der Waals surface area (Å²) in [5.74, 6) is 0.410. The van der Waals surface area contributed by atoms with Crippen LogP contribution in [0, 0.1) is 0 Å². The number of fused-ring (bicyclic) bond motifs is 1. The molecule has 3 nitrogen and oxygen atoms in total. The van der Waals surface area contributed by atoms with E-state index in [-0.39, 0.29) is 22.7 Å². The van der Waals surface area contributed by atoms with Crippen molar-refractivity contribution in [2.45, 2.75) is 25.0 Å². The quantitative estimate of drug-likeness (QED) is 0.470. The molecule has 0 spiro atoms. The van der Waals surface area contributed by atoms with Gasteiger partial charge in [-0.1, -0.05) is 0 Å². The second-order valence-corrected chi connectivity index (χ2v) is 5.66. The molecule has 2 saturated heterocycles. The van der Waals surface area contributed by atoms with Crippen molar-refractivity contribution in [3.63, 3.8) is 0 Å². The summed E-state index contributed by atoms with van der Waals surface area (Å²) in [4.78, 5) is 0. The Morgan fingerprint density at radius 3 is 1.80 bits per heavy atom. The minimum Gasteiger partial charge on any atom is -0.361 e. The predicted molar refractivity (Wildman–Crippen MR) is 36.5 cm³/mol. The normalized spacial score (nSPS) is 56.2. The average Bonchev–Trinajstić information content (AvgIpc) is 1.93. The van der Waals surface area contributed by atoms with Crippen molar-refractivity contribution in [1.82, 2.24) is 0 Å². The number of hydrogen-bond donors (Lipinski definition) is 0. The molecule has 0 bridgehead atoms. The molecule has 10 heavy (non-hydrogen) atoms. The maximum absolute atomic E-state index is 11.0. The second kappa shape index (κ2) is 1.28. The molecule has 0 aromatic rings. The maximum Gasteiger partial charge on any atom is 0.156 e. The molecule has 0 amide bonds. The van der Waals surface area contributed by atoms with Gasteiger partial charge in [0.05, 0.1) is 11.5 Å². The number of sulfone groups is 1. The monoisotopic (exact) mass is 162 g/mol. The molecular formula is C6H10O3S. The summed E-state index contributed by atoms with van der Waals surface area (Å²) in [6.45, 7) is 3.72. The highest BCUT2D eigenvalue weighted by Gasteiger charge is 2.71. The van der Waals surface area contributed by atoms with E-state index in [0.717, 1.165) is 0 Å². The fraction of sp³-hybridized carbons (Fsp3) is 1.00. The van der Waals surface area contributed by atoms with Gasteiger partial charge in [-0.2, -0.15) is 0 Å². The molecule has 2 aliphatic rings. The van der Waals surface area contributed by atoms with Gasteiger partial charge < -0.3 is 4.74 Å². The van der Waals surface area contributed by atoms with E-state index >= 15 is 0 Å². The lowest BCUT2D eigenvalue weighted by atomic mass is 10.0. The topological polar surface area (TPSA) is 46.7 Å². The summed E-state index contributed by atoms with van der Waals surface area (Å²) < 4.78 is 27.3. The summed E-state index contributed by atoms with van der Waals surface area (Å²) in [7, 11) is -2.79. The zero-order valence-corrected chi connectivity index (χ0v) is 6.86. The number of rotatable bonds is 0. The van der Waals surface area contributed by atoms with Crippen LogP contribution in [0.4, 0.5) is 0 Å². The summed E-state index contributed by atoms with van der Waals surface area (Å²) in [5, 5.41) is 0. The molecule has 0 aromatic carbocycles. The van der Waals surface area contributed by atoms with E-state index < -0.39 is 9.84 Å². The minimum atomic E-state index is -2.79. The second-order valence-electron chi connectivity index (χ2n) is 3.60. The van der Waals surface area contributed by atoms with Crippen molar-refractivity contribution in [1.29, 1.82) is 0 Å². The summed E-state index contributed by atoms with van der Waals surface area (Å²) in [5.41, 5.74) is -0.711. The van der Waals surface area contributed by atoms with Gasteiger partial charge in [0.25, 0.3) is 0 Å². The third-order valence-corrected chi connectivity index (χ3v) is 4.50. The van der Waals surface area contributed by atoms with Gasteiger partial charge in [-0.25, -0.2) is 8.42 Å². The first-order valence-electron chi connectivity index (χ1n) is 3.28. The third kappa shape index (κ3) is 0.609. The summed E-state index contributed by atoms with van der Waals surface area (Å²) >= 11 is 0. The lowest BCUT2D eigenvalue weighted by Gasteiger charge is -1.97. The van der Waals surface area contributed by atoms with E-state index in [1.807, 2.05) is 13.8 Å². The molecule has 0 saturated carbocycles. The fourth-order valence-corrected chi connectivity index (χ4v) is 4.24. The van der Waals surface area contributed by atoms with E-state index in [4.69, 9.17) is 4.74 Å². The van der Waals surface area contributed by atoms with Crippen molar-refractivity contribution < 1.29 is 13.2 Å². The van der Waals surface area contributed by atoms with Crippen molar-refractivity contribution >= 4 is 9.84 Å². The largest absolute Gasteiger partial charge is 0.361 e. The Morgan fingerprint density at radius 1 is 1.20 bits per heavy atom. The summed E-state index contributed by atoms with van der Waals surface area (Å²) in [6.07, 6.45) is 0. The Kier molecular flexibility index (Phi) is 0.843. The standard InChI is InChI=1S/C6H10O3S/c1-5-3-10(7,8)4-6(5,2)9-5/h3-4H2,1-2H3/t5-,6-/m1/s1. The zero-order valence-electron chi connectivity index (χ0n) is 6.05. The maximum atomic E-state index is 11.0. The van der Waals surface area contributed by atoms with Gasteiger partial charge in [-0.05, 0) is 13.8 Å². The van der Waals surface area contributed by atoms with Gasteiger partial charge in [0, 0.05) is 0 Å². The highest BCUT2D eigenvalue weighted by Crippen LogP contribution is 2.54. The first-order chi connectivity index (χ1) is 4.37. The van der Waals surface area contributed by atoms with Crippen LogP contribution >= 0.6 is 0 Å². The van der Waals surface area contributed by atoms with E-state index in [2.05, 4.69) is 0 Å². The Hall–Kier alpha value is -0.0900. The van der Waals surface area contributed by atoms with Crippen molar-refractivity contribution in [3.8, 4) is 0 Å². The number of epoxide rings is 1. The molecular weight excluding hydrogens is 152 g/mol. The highest BCUT2D eigenvalue weighted by atomic mass is 32.2. The van der Waals surface area contributed by atoms with Crippen LogP contribution in [0.25, 0.3) is 0 Å². The minimum absolute atomic E-state index is 0.205. The highest BCUT2D eigenvalue weighted by molar-refractivity contribution is 7.91. The molecule has 0 aliphatic carbocycles. The number of hydrogen-bond acceptors (Lipinski definition) is 3. The van der Waals surface area contributed by atoms with Crippen LogP contribution in [0.3, 0.4) is 0 Å². The Morgan fingerprint density at radius 2 is 1.60 bits per heavy atom. The van der Waals surface area contributed by atoms with Crippen LogP contribution in [0.5, 0.6) is 0 Å². The fourth-order valence-electron chi connectivity index (χ4n) is 1.73. The van der Waals surface area contributed by atoms with Gasteiger partial charge in [0.2, 0.25) is 0 Å². The lowest BCUT2D eigenvalue weighted by molar-refractivity contribution is 0.289. The van der Waals surface area contributed by atoms with Gasteiger partial charge in [0.15, 0.2) is 9.84 Å². The third-order valence-electron chi connectivity index (χ3n) is 2.52. The predicted octanol–water partition coefficient (Wildman–Crippen LogP) is -0.0376. The number of ether oxygens (including phenoxy) is 1. The van der Waals surface area contributed by atoms with Crippen molar-refractivity contribution in [2.75, 3.05) is 11.5 Å². The van der Waals surface area contributed by atoms with Gasteiger partial charge in [-0.3, -0.25) is 0 Å².